The van der Waals surface area contributed by atoms with Gasteiger partial charge in [0.2, 0.25) is 0 Å². The topological polar surface area (TPSA) is 77.6 Å². The van der Waals surface area contributed by atoms with Gasteiger partial charge in [-0.3, -0.25) is 14.8 Å². The van der Waals surface area contributed by atoms with Crippen LogP contribution in [0.5, 0.6) is 0 Å². The van der Waals surface area contributed by atoms with Gasteiger partial charge in [0.25, 0.3) is 5.92 Å². The van der Waals surface area contributed by atoms with Crippen molar-refractivity contribution in [1.29, 1.82) is 0 Å². The third-order valence-corrected chi connectivity index (χ3v) is 5.19. The molecule has 2 heterocycles. The van der Waals surface area contributed by atoms with E-state index in [0.717, 1.165) is 25.8 Å². The highest BCUT2D eigenvalue weighted by Crippen LogP contribution is 2.43. The van der Waals surface area contributed by atoms with Crippen molar-refractivity contribution in [3.8, 4) is 11.8 Å². The van der Waals surface area contributed by atoms with E-state index in [4.69, 9.17) is 10.5 Å². The number of hydrogen-bond donors (Lipinski definition) is 1. The molecule has 3 rings (SSSR count). The lowest BCUT2D eigenvalue weighted by Gasteiger charge is -2.33. The molecule has 0 spiro atoms. The second kappa shape index (κ2) is 9.53. The van der Waals surface area contributed by atoms with Crippen LogP contribution in [0, 0.1) is 17.7 Å². The van der Waals surface area contributed by atoms with E-state index < -0.39 is 23.9 Å². The number of rotatable bonds is 5. The number of amidine groups is 1. The van der Waals surface area contributed by atoms with Crippen molar-refractivity contribution in [2.24, 2.45) is 10.7 Å². The fourth-order valence-electron chi connectivity index (χ4n) is 3.34. The van der Waals surface area contributed by atoms with E-state index in [0.29, 0.717) is 11.1 Å². The number of halogens is 3. The molecule has 168 valence electrons. The van der Waals surface area contributed by atoms with Crippen LogP contribution < -0.4 is 5.73 Å². The van der Waals surface area contributed by atoms with E-state index in [1.54, 1.807) is 12.1 Å². The summed E-state index contributed by atoms with van der Waals surface area (Å²) in [4.78, 5) is 20.7. The Hall–Kier alpha value is -3.18. The first kappa shape index (κ1) is 23.5. The van der Waals surface area contributed by atoms with Crippen molar-refractivity contribution in [2.75, 3.05) is 13.2 Å². The number of ketones is 1. The number of hydrogen-bond acceptors (Lipinski definition) is 5. The minimum absolute atomic E-state index is 0.140. The predicted molar refractivity (Wildman–Crippen MR) is 115 cm³/mol. The van der Waals surface area contributed by atoms with Gasteiger partial charge in [-0.25, -0.2) is 13.2 Å². The number of aromatic nitrogens is 1. The number of Topliss-reactive ketones (excluding diaryl/α,β-unsaturated/α-hetero) is 1. The van der Waals surface area contributed by atoms with Crippen LogP contribution in [0.3, 0.4) is 0 Å². The number of benzene rings is 1. The third-order valence-electron chi connectivity index (χ3n) is 5.19. The summed E-state index contributed by atoms with van der Waals surface area (Å²) in [6.45, 7) is 1.92. The largest absolute Gasteiger partial charge is 0.385 e. The lowest BCUT2D eigenvalue weighted by atomic mass is 9.84. The van der Waals surface area contributed by atoms with Gasteiger partial charge in [0, 0.05) is 30.2 Å². The molecule has 1 atom stereocenters. The molecule has 2 N–H and O–H groups in total. The van der Waals surface area contributed by atoms with Crippen LogP contribution in [0.2, 0.25) is 0 Å². The van der Waals surface area contributed by atoms with Gasteiger partial charge >= 0.3 is 0 Å². The van der Waals surface area contributed by atoms with E-state index in [1.807, 2.05) is 6.92 Å². The molecule has 1 aliphatic heterocycles. The summed E-state index contributed by atoms with van der Waals surface area (Å²) in [7, 11) is 0. The Balaban J connectivity index is 1.87. The number of ether oxygens (including phenoxy) is 1. The lowest BCUT2D eigenvalue weighted by Crippen LogP contribution is -2.45. The zero-order valence-corrected chi connectivity index (χ0v) is 17.9. The maximum atomic E-state index is 14.8. The summed E-state index contributed by atoms with van der Waals surface area (Å²) in [5, 5.41) is 0. The number of alkyl halides is 2. The van der Waals surface area contributed by atoms with Crippen molar-refractivity contribution in [3.05, 3.63) is 64.7 Å². The zero-order chi connectivity index (χ0) is 23.4. The van der Waals surface area contributed by atoms with Gasteiger partial charge in [0.1, 0.15) is 30.6 Å². The highest BCUT2D eigenvalue weighted by Gasteiger charge is 2.54. The molecule has 0 bridgehead atoms. The Kier molecular flexibility index (Phi) is 6.99. The Bertz CT molecular complexity index is 1090. The van der Waals surface area contributed by atoms with Crippen molar-refractivity contribution in [1.82, 2.24) is 4.98 Å². The number of nitrogens with zero attached hydrogens (tertiary/aromatic N) is 2. The van der Waals surface area contributed by atoms with Crippen molar-refractivity contribution in [2.45, 2.75) is 44.6 Å². The monoisotopic (exact) mass is 443 g/mol. The SMILES string of the molecule is CCCC#Cc1ccc(C(=O)Cc2ccc(F)c([C@@]3(C)N=C(N)COCC3(F)F)c2)nc1. The Morgan fingerprint density at radius 1 is 1.28 bits per heavy atom. The summed E-state index contributed by atoms with van der Waals surface area (Å²) in [6, 6.07) is 6.92. The maximum Gasteiger partial charge on any atom is 0.299 e. The summed E-state index contributed by atoms with van der Waals surface area (Å²) in [5.74, 6) is 1.10. The van der Waals surface area contributed by atoms with Crippen LogP contribution in [-0.2, 0) is 16.7 Å². The molecule has 5 nitrogen and oxygen atoms in total. The third kappa shape index (κ3) is 5.00. The van der Waals surface area contributed by atoms with Crippen LogP contribution in [0.1, 0.15) is 53.9 Å². The molecule has 1 aromatic heterocycles. The highest BCUT2D eigenvalue weighted by atomic mass is 19.3. The average molecular weight is 443 g/mol. The van der Waals surface area contributed by atoms with Gasteiger partial charge in [-0.15, -0.1) is 0 Å². The first-order valence-electron chi connectivity index (χ1n) is 10.2. The second-order valence-electron chi connectivity index (χ2n) is 7.77. The van der Waals surface area contributed by atoms with E-state index in [2.05, 4.69) is 21.8 Å². The number of pyridine rings is 1. The molecule has 1 aromatic carbocycles. The smallest absolute Gasteiger partial charge is 0.299 e. The predicted octanol–water partition coefficient (Wildman–Crippen LogP) is 4.04. The van der Waals surface area contributed by atoms with Crippen molar-refractivity contribution >= 4 is 11.6 Å². The molecule has 0 radical (unpaired) electrons. The molecule has 32 heavy (non-hydrogen) atoms. The molecule has 0 unspecified atom stereocenters. The van der Waals surface area contributed by atoms with Crippen molar-refractivity contribution < 1.29 is 22.7 Å². The van der Waals surface area contributed by atoms with Crippen LogP contribution in [0.4, 0.5) is 13.2 Å². The zero-order valence-electron chi connectivity index (χ0n) is 17.9. The molecular formula is C24H24F3N3O2. The molecule has 0 aliphatic carbocycles. The van der Waals surface area contributed by atoms with Crippen LogP contribution >= 0.6 is 0 Å². The standard InChI is InChI=1S/C24H24F3N3O2/c1-3-4-5-6-16-8-10-20(29-13-16)21(31)12-17-7-9-19(25)18(11-17)23(2)24(26,27)15-32-14-22(28)30-23/h7-11,13H,3-4,12,14-15H2,1-2H3,(H2,28,30)/t23-/m1/s1. The molecule has 0 saturated carbocycles. The number of carbonyl (C=O) groups is 1. The first-order chi connectivity index (χ1) is 15.2. The molecule has 1 aliphatic rings. The fourth-order valence-corrected chi connectivity index (χ4v) is 3.34. The van der Waals surface area contributed by atoms with E-state index in [-0.39, 0.29) is 35.9 Å². The van der Waals surface area contributed by atoms with Gasteiger partial charge in [-0.05, 0) is 43.2 Å². The summed E-state index contributed by atoms with van der Waals surface area (Å²) in [6.07, 6.45) is 3.09. The van der Waals surface area contributed by atoms with E-state index in [9.17, 15) is 18.0 Å². The van der Waals surface area contributed by atoms with Gasteiger partial charge in [0.15, 0.2) is 11.3 Å². The van der Waals surface area contributed by atoms with E-state index >= 15 is 0 Å². The van der Waals surface area contributed by atoms with Crippen LogP contribution in [0.25, 0.3) is 0 Å². The van der Waals surface area contributed by atoms with Crippen molar-refractivity contribution in [3.63, 3.8) is 0 Å². The molecule has 0 fully saturated rings. The molecule has 0 saturated heterocycles. The fraction of sp³-hybridized carbons (Fsp3) is 0.375. The van der Waals surface area contributed by atoms with Gasteiger partial charge in [0.05, 0.1) is 0 Å². The highest BCUT2D eigenvalue weighted by molar-refractivity contribution is 5.95. The van der Waals surface area contributed by atoms with Crippen LogP contribution in [-0.4, -0.2) is 35.7 Å². The minimum Gasteiger partial charge on any atom is -0.385 e. The Morgan fingerprint density at radius 3 is 2.75 bits per heavy atom. The lowest BCUT2D eigenvalue weighted by molar-refractivity contribution is -0.116. The van der Waals surface area contributed by atoms with Crippen LogP contribution in [0.15, 0.2) is 41.5 Å². The number of unbranched alkanes of at least 4 members (excludes halogenated alkanes) is 1. The summed E-state index contributed by atoms with van der Waals surface area (Å²) < 4.78 is 49.1. The quantitative estimate of drug-likeness (QED) is 0.559. The molecule has 2 aromatic rings. The maximum absolute atomic E-state index is 14.8. The number of carbonyl (C=O) groups excluding carboxylic acids is 1. The van der Waals surface area contributed by atoms with Gasteiger partial charge in [-0.1, -0.05) is 24.8 Å². The van der Waals surface area contributed by atoms with Gasteiger partial charge < -0.3 is 10.5 Å². The number of nitrogens with two attached hydrogens (primary N) is 1. The first-order valence-corrected chi connectivity index (χ1v) is 10.2. The number of aliphatic imine (C=N–C) groups is 1. The molecule has 8 heteroatoms. The second-order valence-corrected chi connectivity index (χ2v) is 7.77. The normalized spacial score (nSPS) is 20.0. The molecule has 0 amide bonds. The average Bonchev–Trinajstić information content (AvgIpc) is 2.85. The summed E-state index contributed by atoms with van der Waals surface area (Å²) in [5.41, 5.74) is 4.30. The minimum atomic E-state index is -3.51. The van der Waals surface area contributed by atoms with E-state index in [1.165, 1.54) is 18.3 Å². The Morgan fingerprint density at radius 2 is 2.06 bits per heavy atom. The summed E-state index contributed by atoms with van der Waals surface area (Å²) >= 11 is 0. The Labute approximate surface area is 184 Å². The van der Waals surface area contributed by atoms with Gasteiger partial charge in [-0.2, -0.15) is 0 Å². The molecular weight excluding hydrogens is 419 g/mol.